The van der Waals surface area contributed by atoms with E-state index in [1.165, 1.54) is 12.0 Å². The highest BCUT2D eigenvalue weighted by Crippen LogP contribution is 2.22. The molecule has 0 amide bonds. The molecule has 0 heterocycles. The lowest BCUT2D eigenvalue weighted by Gasteiger charge is -2.11. The van der Waals surface area contributed by atoms with Crippen LogP contribution in [-0.2, 0) is 6.42 Å². The van der Waals surface area contributed by atoms with Crippen LogP contribution >= 0.6 is 0 Å². The molecule has 0 fully saturated rings. The summed E-state index contributed by atoms with van der Waals surface area (Å²) in [5.41, 5.74) is 10.9. The molecule has 0 radical (unpaired) electrons. The Morgan fingerprint density at radius 2 is 1.95 bits per heavy atom. The maximum absolute atomic E-state index is 12.6. The predicted octanol–water partition coefficient (Wildman–Crippen LogP) is 5.49. The second-order valence-electron chi connectivity index (χ2n) is 6.51. The van der Waals surface area contributed by atoms with Crippen molar-refractivity contribution in [2.24, 2.45) is 5.92 Å². The summed E-state index contributed by atoms with van der Waals surface area (Å²) >= 11 is 0. The third-order valence-corrected chi connectivity index (χ3v) is 4.19. The van der Waals surface area contributed by atoms with Crippen LogP contribution in [0.3, 0.4) is 0 Å². The normalized spacial score (nSPS) is 12.0. The molecule has 0 saturated heterocycles. The highest BCUT2D eigenvalue weighted by Gasteiger charge is 2.13. The van der Waals surface area contributed by atoms with Gasteiger partial charge in [-0.25, -0.2) is 0 Å². The molecule has 0 aliphatic rings. The van der Waals surface area contributed by atoms with Crippen molar-refractivity contribution in [3.63, 3.8) is 0 Å². The minimum atomic E-state index is 0.213. The van der Waals surface area contributed by atoms with Crippen molar-refractivity contribution in [3.05, 3.63) is 40.5 Å². The van der Waals surface area contributed by atoms with Gasteiger partial charge in [-0.1, -0.05) is 39.3 Å². The van der Waals surface area contributed by atoms with Crippen LogP contribution in [0.15, 0.2) is 23.8 Å². The van der Waals surface area contributed by atoms with E-state index in [0.29, 0.717) is 12.3 Å². The lowest BCUT2D eigenvalue weighted by atomic mass is 9.94. The summed E-state index contributed by atoms with van der Waals surface area (Å²) in [5.74, 6) is 0.918. The zero-order valence-corrected chi connectivity index (χ0v) is 14.8. The number of anilines is 1. The highest BCUT2D eigenvalue weighted by molar-refractivity contribution is 5.99. The second-order valence-corrected chi connectivity index (χ2v) is 6.51. The third-order valence-electron chi connectivity index (χ3n) is 4.19. The average Bonchev–Trinajstić information content (AvgIpc) is 2.45. The zero-order valence-electron chi connectivity index (χ0n) is 14.8. The van der Waals surface area contributed by atoms with Crippen molar-refractivity contribution >= 4 is 11.5 Å². The van der Waals surface area contributed by atoms with E-state index in [1.54, 1.807) is 0 Å². The molecule has 1 aromatic carbocycles. The number of nitrogens with two attached hydrogens (primary N) is 1. The van der Waals surface area contributed by atoms with Gasteiger partial charge in [-0.3, -0.25) is 4.79 Å². The van der Waals surface area contributed by atoms with E-state index in [9.17, 15) is 4.79 Å². The number of Topliss-reactive ketones (excluding diaryl/α,β-unsaturated/α-hetero) is 1. The van der Waals surface area contributed by atoms with E-state index in [-0.39, 0.29) is 5.78 Å². The van der Waals surface area contributed by atoms with E-state index in [0.717, 1.165) is 41.6 Å². The Morgan fingerprint density at radius 1 is 1.27 bits per heavy atom. The van der Waals surface area contributed by atoms with E-state index < -0.39 is 0 Å². The summed E-state index contributed by atoms with van der Waals surface area (Å²) in [5, 5.41) is 0. The summed E-state index contributed by atoms with van der Waals surface area (Å²) in [6.45, 7) is 10.6. The molecule has 0 spiro atoms. The number of hydrogen-bond acceptors (Lipinski definition) is 2. The molecular formula is C20H31NO. The topological polar surface area (TPSA) is 43.1 Å². The number of aryl methyl sites for hydroxylation is 2. The van der Waals surface area contributed by atoms with Gasteiger partial charge >= 0.3 is 0 Å². The first-order valence-corrected chi connectivity index (χ1v) is 8.49. The van der Waals surface area contributed by atoms with Gasteiger partial charge in [0.05, 0.1) is 0 Å². The Morgan fingerprint density at radius 3 is 2.50 bits per heavy atom. The number of allylic oxidation sites excluding steroid dienone is 2. The number of ketones is 1. The van der Waals surface area contributed by atoms with Gasteiger partial charge in [-0.15, -0.1) is 0 Å². The van der Waals surface area contributed by atoms with Crippen molar-refractivity contribution < 1.29 is 4.79 Å². The molecule has 0 aliphatic carbocycles. The van der Waals surface area contributed by atoms with E-state index in [4.69, 9.17) is 5.73 Å². The molecule has 0 saturated carbocycles. The number of hydrogen-bond donors (Lipinski definition) is 1. The molecule has 1 rings (SSSR count). The molecular weight excluding hydrogens is 270 g/mol. The lowest BCUT2D eigenvalue weighted by Crippen LogP contribution is -2.06. The van der Waals surface area contributed by atoms with Gasteiger partial charge in [-0.2, -0.15) is 0 Å². The smallest absolute Gasteiger partial charge is 0.167 e. The quantitative estimate of drug-likeness (QED) is 0.392. The number of carbonyl (C=O) groups is 1. The molecule has 2 nitrogen and oxygen atoms in total. The van der Waals surface area contributed by atoms with Crippen LogP contribution < -0.4 is 5.73 Å². The van der Waals surface area contributed by atoms with Crippen LogP contribution in [0.25, 0.3) is 0 Å². The number of benzene rings is 1. The maximum atomic E-state index is 12.6. The van der Waals surface area contributed by atoms with Gasteiger partial charge in [-0.05, 0) is 61.8 Å². The van der Waals surface area contributed by atoms with Crippen molar-refractivity contribution in [1.82, 2.24) is 0 Å². The summed E-state index contributed by atoms with van der Waals surface area (Å²) < 4.78 is 0. The van der Waals surface area contributed by atoms with Gasteiger partial charge in [0, 0.05) is 17.7 Å². The Hall–Kier alpha value is -1.57. The first-order valence-electron chi connectivity index (χ1n) is 8.49. The standard InChI is InChI=1S/C20H31NO/c1-6-16(10-8-9-14(3)4)12-20(22)18-13-17(7-2)19(21)11-15(18)5/h10-11,13-14H,6-9,12,21H2,1-5H3/b16-10+. The molecule has 0 atom stereocenters. The highest BCUT2D eigenvalue weighted by atomic mass is 16.1. The van der Waals surface area contributed by atoms with Crippen molar-refractivity contribution in [1.29, 1.82) is 0 Å². The Kier molecular flexibility index (Phi) is 7.37. The minimum Gasteiger partial charge on any atom is -0.398 e. The van der Waals surface area contributed by atoms with Gasteiger partial charge in [0.1, 0.15) is 0 Å². The lowest BCUT2D eigenvalue weighted by molar-refractivity contribution is 0.0991. The Bertz CT molecular complexity index is 541. The van der Waals surface area contributed by atoms with Crippen molar-refractivity contribution in [3.8, 4) is 0 Å². The van der Waals surface area contributed by atoms with Gasteiger partial charge < -0.3 is 5.73 Å². The number of carbonyl (C=O) groups excluding carboxylic acids is 1. The summed E-state index contributed by atoms with van der Waals surface area (Å²) in [4.78, 5) is 12.6. The van der Waals surface area contributed by atoms with Crippen LogP contribution in [0.1, 0.15) is 74.9 Å². The molecule has 2 N–H and O–H groups in total. The van der Waals surface area contributed by atoms with Crippen molar-refractivity contribution in [2.45, 2.75) is 66.7 Å². The average molecular weight is 301 g/mol. The monoisotopic (exact) mass is 301 g/mol. The molecule has 0 bridgehead atoms. The third kappa shape index (κ3) is 5.32. The van der Waals surface area contributed by atoms with Gasteiger partial charge in [0.25, 0.3) is 0 Å². The van der Waals surface area contributed by atoms with Crippen LogP contribution in [0.4, 0.5) is 5.69 Å². The number of rotatable bonds is 8. The molecule has 122 valence electrons. The predicted molar refractivity (Wildman–Crippen MR) is 96.4 cm³/mol. The van der Waals surface area contributed by atoms with E-state index >= 15 is 0 Å². The maximum Gasteiger partial charge on any atom is 0.167 e. The second kappa shape index (κ2) is 8.77. The number of nitrogen functional groups attached to an aromatic ring is 1. The fraction of sp³-hybridized carbons (Fsp3) is 0.550. The fourth-order valence-corrected chi connectivity index (χ4v) is 2.65. The molecule has 0 unspecified atom stereocenters. The Balaban J connectivity index is 2.87. The minimum absolute atomic E-state index is 0.213. The SMILES string of the molecule is CC/C(=C\CCC(C)C)CC(=O)c1cc(CC)c(N)cc1C. The molecule has 2 heteroatoms. The first-order chi connectivity index (χ1) is 10.4. The fourth-order valence-electron chi connectivity index (χ4n) is 2.65. The van der Waals surface area contributed by atoms with Crippen molar-refractivity contribution in [2.75, 3.05) is 5.73 Å². The molecule has 0 aliphatic heterocycles. The van der Waals surface area contributed by atoms with E-state index in [1.807, 2.05) is 19.1 Å². The summed E-state index contributed by atoms with van der Waals surface area (Å²) in [6.07, 6.45) is 6.83. The van der Waals surface area contributed by atoms with Crippen LogP contribution in [0.2, 0.25) is 0 Å². The first kappa shape index (κ1) is 18.5. The largest absolute Gasteiger partial charge is 0.398 e. The summed E-state index contributed by atoms with van der Waals surface area (Å²) in [6, 6.07) is 3.91. The van der Waals surface area contributed by atoms with Crippen LogP contribution in [0, 0.1) is 12.8 Å². The summed E-state index contributed by atoms with van der Waals surface area (Å²) in [7, 11) is 0. The van der Waals surface area contributed by atoms with Crippen LogP contribution in [-0.4, -0.2) is 5.78 Å². The van der Waals surface area contributed by atoms with Crippen LogP contribution in [0.5, 0.6) is 0 Å². The Labute approximate surface area is 135 Å². The van der Waals surface area contributed by atoms with Gasteiger partial charge in [0.2, 0.25) is 0 Å². The molecule has 22 heavy (non-hydrogen) atoms. The molecule has 0 aromatic heterocycles. The van der Waals surface area contributed by atoms with E-state index in [2.05, 4.69) is 33.8 Å². The zero-order chi connectivity index (χ0) is 16.7. The van der Waals surface area contributed by atoms with Gasteiger partial charge in [0.15, 0.2) is 5.78 Å². The molecule has 1 aromatic rings.